The summed E-state index contributed by atoms with van der Waals surface area (Å²) >= 11 is 0. The minimum absolute atomic E-state index is 0.715. The molecule has 0 spiro atoms. The monoisotopic (exact) mass is 1930 g/mol. The Morgan fingerprint density at radius 3 is 0.455 bits per heavy atom. The summed E-state index contributed by atoms with van der Waals surface area (Å²) in [5, 5.41) is 0. The van der Waals surface area contributed by atoms with Crippen molar-refractivity contribution in [3.63, 3.8) is 0 Å². The third-order valence-electron chi connectivity index (χ3n) is 16.6. The van der Waals surface area contributed by atoms with Crippen LogP contribution in [-0.4, -0.2) is 155 Å². The number of rotatable bonds is 2. The molecule has 0 bridgehead atoms. The first kappa shape index (κ1) is 121. The average molecular weight is 1930 g/mol. The van der Waals surface area contributed by atoms with Crippen molar-refractivity contribution in [2.24, 2.45) is 0 Å². The molecular weight excluding hydrogens is 1800 g/mol. The first-order chi connectivity index (χ1) is 70.4. The highest BCUT2D eigenvalue weighted by Gasteiger charge is 2.08. The Bertz CT molecular complexity index is 4960. The first-order valence-electron chi connectivity index (χ1n) is 45.5. The van der Waals surface area contributed by atoms with E-state index in [0.29, 0.717) is 11.6 Å². The van der Waals surface area contributed by atoms with Crippen LogP contribution >= 0.6 is 0 Å². The van der Waals surface area contributed by atoms with Crippen LogP contribution in [0.1, 0.15) is 108 Å². The van der Waals surface area contributed by atoms with Crippen molar-refractivity contribution in [3.8, 4) is 22.8 Å². The molecular formula is C114H129N31. The molecule has 4 aromatic carbocycles. The first-order valence-corrected chi connectivity index (χ1v) is 45.5. The third kappa shape index (κ3) is 73.3. The predicted octanol–water partition coefficient (Wildman–Crippen LogP) is 22.5. The molecule has 31 nitrogen and oxygen atoms in total. The van der Waals surface area contributed by atoms with Gasteiger partial charge in [-0.3, -0.25) is 39.9 Å². The molecule has 0 unspecified atom stereocenters. The number of aryl methyl sites for hydroxylation is 19. The molecule has 0 amide bonds. The topological polar surface area (TPSA) is 400 Å². The zero-order valence-electron chi connectivity index (χ0n) is 85.9. The van der Waals surface area contributed by atoms with Crippen LogP contribution in [0.3, 0.4) is 0 Å². The highest BCUT2D eigenvalue weighted by atomic mass is 15.0. The van der Waals surface area contributed by atoms with E-state index >= 15 is 0 Å². The summed E-state index contributed by atoms with van der Waals surface area (Å²) in [7, 11) is 0. The Balaban J connectivity index is 0.000000397. The lowest BCUT2D eigenvalue weighted by Crippen LogP contribution is -1.99. The van der Waals surface area contributed by atoms with E-state index in [1.54, 1.807) is 142 Å². The van der Waals surface area contributed by atoms with Crippen LogP contribution in [0.2, 0.25) is 0 Å². The van der Waals surface area contributed by atoms with Crippen molar-refractivity contribution in [2.75, 3.05) is 0 Å². The van der Waals surface area contributed by atoms with Gasteiger partial charge in [0, 0.05) is 158 Å². The molecule has 21 aromatic rings. The quantitative estimate of drug-likeness (QED) is 0.155. The standard InChI is InChI=1S/C16H13N3.2C7H8.8C6H7N.4C5H6N2.4C4H5N3/c1-12-17-15(13-8-4-2-5-9-13)19-16(18-12)14-10-6-3-7-11-14;2*1-7-5-3-2-4-6-7;3*1-6-2-4-7-5-3-6;2*1-6-3-2-4-7-5-6;3*1-6-4-2-3-5-7-6;4*1-5-6-3-2-4-7-5;4*1-4-6-2-5-3-7-4/h2-11H,1H3;2*2-6H,1H3;8*2-5H,1H3;4*2-4H,1H3;4*2-3H,1H3. The fourth-order valence-corrected chi connectivity index (χ4v) is 9.19. The van der Waals surface area contributed by atoms with Crippen molar-refractivity contribution < 1.29 is 0 Å². The van der Waals surface area contributed by atoms with Crippen molar-refractivity contribution in [3.05, 3.63) is 550 Å². The summed E-state index contributed by atoms with van der Waals surface area (Å²) in [5.41, 5.74) is 14.1. The Morgan fingerprint density at radius 2 is 0.324 bits per heavy atom. The van der Waals surface area contributed by atoms with Gasteiger partial charge >= 0.3 is 0 Å². The van der Waals surface area contributed by atoms with Crippen LogP contribution in [-0.2, 0) is 0 Å². The Labute approximate surface area is 853 Å². The fraction of sp³-hybridized carbons (Fsp3) is 0.167. The highest BCUT2D eigenvalue weighted by Crippen LogP contribution is 2.20. The van der Waals surface area contributed by atoms with Gasteiger partial charge in [0.2, 0.25) is 0 Å². The lowest BCUT2D eigenvalue weighted by Gasteiger charge is -2.05. The lowest BCUT2D eigenvalue weighted by atomic mass is 10.2. The Morgan fingerprint density at radius 1 is 0.124 bits per heavy atom. The van der Waals surface area contributed by atoms with Gasteiger partial charge in [0.25, 0.3) is 0 Å². The second-order valence-corrected chi connectivity index (χ2v) is 29.5. The number of hydrogen-bond acceptors (Lipinski definition) is 31. The largest absolute Gasteiger partial charge is 0.265 e. The lowest BCUT2D eigenvalue weighted by molar-refractivity contribution is 0.973. The summed E-state index contributed by atoms with van der Waals surface area (Å²) < 4.78 is 0. The van der Waals surface area contributed by atoms with E-state index in [4.69, 9.17) is 0 Å². The van der Waals surface area contributed by atoms with Crippen molar-refractivity contribution in [1.82, 2.24) is 155 Å². The molecule has 0 aliphatic rings. The van der Waals surface area contributed by atoms with Gasteiger partial charge in [-0.05, 0) is 269 Å². The molecule has 0 aliphatic carbocycles. The van der Waals surface area contributed by atoms with Crippen molar-refractivity contribution in [1.29, 1.82) is 0 Å². The number of pyridine rings is 8. The van der Waals surface area contributed by atoms with Crippen LogP contribution in [0.15, 0.2) is 442 Å². The maximum absolute atomic E-state index is 4.55. The van der Waals surface area contributed by atoms with E-state index in [1.165, 1.54) is 89.6 Å². The van der Waals surface area contributed by atoms with Crippen LogP contribution in [0, 0.1) is 132 Å². The molecule has 740 valence electrons. The van der Waals surface area contributed by atoms with Crippen LogP contribution in [0.25, 0.3) is 22.8 Å². The number of aromatic nitrogens is 31. The minimum Gasteiger partial charge on any atom is -0.265 e. The molecule has 21 rings (SSSR count). The minimum atomic E-state index is 0.715. The fourth-order valence-electron chi connectivity index (χ4n) is 9.19. The summed E-state index contributed by atoms with van der Waals surface area (Å²) in [6.07, 6.45) is 48.9. The zero-order chi connectivity index (χ0) is 105. The van der Waals surface area contributed by atoms with E-state index in [2.05, 4.69) is 193 Å². The SMILES string of the molecule is Cc1ccccc1.Cc1ccccc1.Cc1ccccn1.Cc1ccccn1.Cc1ccccn1.Cc1cccnc1.Cc1cccnc1.Cc1ccncc1.Cc1ccncc1.Cc1ccncc1.Cc1nc(-c2ccccc2)nc(-c2ccccc2)n1.Cc1ncccn1.Cc1ncccn1.Cc1ncccn1.Cc1ncccn1.Cc1ncncn1.Cc1ncncn1.Cc1ncncn1.Cc1ncncn1. The van der Waals surface area contributed by atoms with E-state index in [9.17, 15) is 0 Å². The average Bonchev–Trinajstić information content (AvgIpc) is 0.823. The van der Waals surface area contributed by atoms with Crippen LogP contribution < -0.4 is 0 Å². The molecule has 17 aromatic heterocycles. The molecule has 0 atom stereocenters. The molecule has 0 radical (unpaired) electrons. The molecule has 0 aliphatic heterocycles. The van der Waals surface area contributed by atoms with E-state index < -0.39 is 0 Å². The maximum atomic E-state index is 4.55. The van der Waals surface area contributed by atoms with Gasteiger partial charge in [-0.1, -0.05) is 163 Å². The Hall–Kier alpha value is -18.6. The summed E-state index contributed by atoms with van der Waals surface area (Å²) in [6, 6.07) is 84.9. The maximum Gasteiger partial charge on any atom is 0.163 e. The third-order valence-corrected chi connectivity index (χ3v) is 16.6. The second kappa shape index (κ2) is 82.5. The van der Waals surface area contributed by atoms with Gasteiger partial charge in [-0.2, -0.15) is 0 Å². The van der Waals surface area contributed by atoms with Crippen molar-refractivity contribution in [2.45, 2.75) is 132 Å². The van der Waals surface area contributed by atoms with Crippen LogP contribution in [0.4, 0.5) is 0 Å². The van der Waals surface area contributed by atoms with Gasteiger partial charge < -0.3 is 0 Å². The molecule has 31 heteroatoms. The van der Waals surface area contributed by atoms with Gasteiger partial charge in [-0.25, -0.2) is 115 Å². The van der Waals surface area contributed by atoms with Crippen molar-refractivity contribution >= 4 is 0 Å². The van der Waals surface area contributed by atoms with Gasteiger partial charge in [0.1, 0.15) is 103 Å². The number of benzene rings is 4. The molecule has 0 fully saturated rings. The van der Waals surface area contributed by atoms with E-state index in [-0.39, 0.29) is 0 Å². The summed E-state index contributed by atoms with van der Waals surface area (Å²) in [5.74, 6) is 8.48. The predicted molar refractivity (Wildman–Crippen MR) is 575 cm³/mol. The zero-order valence-corrected chi connectivity index (χ0v) is 85.9. The van der Waals surface area contributed by atoms with E-state index in [1.807, 2.05) is 342 Å². The normalized spacial score (nSPS) is 8.93. The molecule has 17 heterocycles. The molecule has 145 heavy (non-hydrogen) atoms. The van der Waals surface area contributed by atoms with Gasteiger partial charge in [0.05, 0.1) is 0 Å². The smallest absolute Gasteiger partial charge is 0.163 e. The van der Waals surface area contributed by atoms with Gasteiger partial charge in [-0.15, -0.1) is 0 Å². The Kier molecular flexibility index (Phi) is 68.6. The van der Waals surface area contributed by atoms with E-state index in [0.717, 1.165) is 80.6 Å². The highest BCUT2D eigenvalue weighted by molar-refractivity contribution is 5.60. The summed E-state index contributed by atoms with van der Waals surface area (Å²) in [4.78, 5) is 120. The second-order valence-electron chi connectivity index (χ2n) is 29.5. The van der Waals surface area contributed by atoms with Gasteiger partial charge in [0.15, 0.2) is 11.6 Å². The molecule has 0 N–H and O–H groups in total. The number of nitrogens with zero attached hydrogens (tertiary/aromatic N) is 31. The molecule has 0 saturated carbocycles. The summed E-state index contributed by atoms with van der Waals surface area (Å²) in [6.45, 7) is 36.9. The molecule has 0 saturated heterocycles. The number of hydrogen-bond donors (Lipinski definition) is 0. The van der Waals surface area contributed by atoms with Crippen LogP contribution in [0.5, 0.6) is 0 Å².